The maximum absolute atomic E-state index is 13.1. The Labute approximate surface area is 254 Å². The normalized spacial score (nSPS) is 15.3. The second kappa shape index (κ2) is 16.2. The summed E-state index contributed by atoms with van der Waals surface area (Å²) in [5.41, 5.74) is 3.43. The monoisotopic (exact) mass is 595 g/mol. The second-order valence-corrected chi connectivity index (χ2v) is 10.9. The number of hydrogen-bond acceptors (Lipinski definition) is 6. The van der Waals surface area contributed by atoms with Crippen molar-refractivity contribution in [2.75, 3.05) is 45.2 Å². The van der Waals surface area contributed by atoms with Crippen LogP contribution >= 0.6 is 11.6 Å². The summed E-state index contributed by atoms with van der Waals surface area (Å²) in [7, 11) is 1.58. The molecule has 0 radical (unpaired) electrons. The number of halogens is 1. The molecule has 1 aliphatic rings. The van der Waals surface area contributed by atoms with Gasteiger partial charge < -0.3 is 24.8 Å². The van der Waals surface area contributed by atoms with Crippen LogP contribution in [0.3, 0.4) is 0 Å². The molecular weight excluding hydrogens is 554 g/mol. The number of anilines is 1. The Morgan fingerprint density at radius 2 is 1.86 bits per heavy atom. The number of ether oxygens (including phenoxy) is 2. The Kier molecular flexibility index (Phi) is 12.7. The number of nitrogens with zero attached hydrogens (tertiary/aromatic N) is 2. The van der Waals surface area contributed by atoms with Gasteiger partial charge in [-0.05, 0) is 74.2 Å². The molecule has 0 spiro atoms. The maximum Gasteiger partial charge on any atom is 0.237 e. The summed E-state index contributed by atoms with van der Waals surface area (Å²) >= 11 is 6.01. The number of aliphatic hydroxyl groups excluding tert-OH is 1. The zero-order valence-corrected chi connectivity index (χ0v) is 25.7. The Bertz CT molecular complexity index is 1290. The number of benzene rings is 2. The minimum Gasteiger partial charge on any atom is -0.493 e. The molecule has 1 saturated heterocycles. The van der Waals surface area contributed by atoms with E-state index in [4.69, 9.17) is 26.2 Å². The molecule has 2 N–H and O–H groups in total. The largest absolute Gasteiger partial charge is 0.493 e. The maximum atomic E-state index is 13.1. The van der Waals surface area contributed by atoms with Crippen molar-refractivity contribution in [2.45, 2.75) is 45.8 Å². The van der Waals surface area contributed by atoms with Crippen molar-refractivity contribution >= 4 is 29.1 Å². The second-order valence-electron chi connectivity index (χ2n) is 10.4. The fourth-order valence-electron chi connectivity index (χ4n) is 4.81. The van der Waals surface area contributed by atoms with E-state index in [0.29, 0.717) is 48.3 Å². The Morgan fingerprint density at radius 1 is 1.14 bits per heavy atom. The van der Waals surface area contributed by atoms with E-state index in [9.17, 15) is 9.59 Å². The molecule has 1 atom stereocenters. The number of carbonyl (C=O) groups excluding carboxylic acids is 2. The van der Waals surface area contributed by atoms with Crippen LogP contribution in [0.5, 0.6) is 11.5 Å². The number of rotatable bonds is 14. The zero-order chi connectivity index (χ0) is 30.6. The summed E-state index contributed by atoms with van der Waals surface area (Å²) < 4.78 is 11.5. The number of hydrogen-bond donors (Lipinski definition) is 2. The van der Waals surface area contributed by atoms with E-state index in [2.05, 4.69) is 11.9 Å². The fourth-order valence-corrected chi connectivity index (χ4v) is 4.88. The number of nitrogens with one attached hydrogen (secondary N) is 1. The summed E-state index contributed by atoms with van der Waals surface area (Å²) in [6, 6.07) is 11.3. The topological polar surface area (TPSA) is 91.3 Å². The molecule has 0 aliphatic carbocycles. The van der Waals surface area contributed by atoms with Crippen LogP contribution in [0.25, 0.3) is 0 Å². The molecule has 3 rings (SSSR count). The number of carbonyl (C=O) groups is 2. The summed E-state index contributed by atoms with van der Waals surface area (Å²) in [5, 5.41) is 12.7. The molecule has 42 heavy (non-hydrogen) atoms. The molecule has 1 unspecified atom stereocenters. The highest BCUT2D eigenvalue weighted by Crippen LogP contribution is 2.33. The SMILES string of the molecule is C=CC(Cl)=CC=CCc1cc(OC(C)C)c(OC)cc1CC(=O)Nc1ccc(C(C)N2CCN(CCO)CC2=O)cc1. The van der Waals surface area contributed by atoms with Gasteiger partial charge in [0.15, 0.2) is 11.5 Å². The van der Waals surface area contributed by atoms with Crippen LogP contribution in [0.15, 0.2) is 72.3 Å². The van der Waals surface area contributed by atoms with Gasteiger partial charge in [0.05, 0.1) is 38.8 Å². The van der Waals surface area contributed by atoms with Gasteiger partial charge in [0.25, 0.3) is 0 Å². The van der Waals surface area contributed by atoms with E-state index < -0.39 is 0 Å². The lowest BCUT2D eigenvalue weighted by molar-refractivity contribution is -0.138. The van der Waals surface area contributed by atoms with Gasteiger partial charge in [-0.2, -0.15) is 0 Å². The van der Waals surface area contributed by atoms with Gasteiger partial charge in [-0.3, -0.25) is 14.5 Å². The molecule has 0 saturated carbocycles. The lowest BCUT2D eigenvalue weighted by atomic mass is 9.99. The van der Waals surface area contributed by atoms with E-state index in [-0.39, 0.29) is 37.0 Å². The highest BCUT2D eigenvalue weighted by Gasteiger charge is 2.28. The fraction of sp³-hybridized carbons (Fsp3) is 0.394. The Morgan fingerprint density at radius 3 is 2.48 bits per heavy atom. The lowest BCUT2D eigenvalue weighted by Gasteiger charge is -2.37. The molecular formula is C33H42ClN3O5. The summed E-state index contributed by atoms with van der Waals surface area (Å²) in [5.74, 6) is 1.08. The average Bonchev–Trinajstić information content (AvgIpc) is 2.96. The van der Waals surface area contributed by atoms with Gasteiger partial charge in [0, 0.05) is 30.4 Å². The van der Waals surface area contributed by atoms with Crippen LogP contribution < -0.4 is 14.8 Å². The molecule has 1 aliphatic heterocycles. The molecule has 0 aromatic heterocycles. The molecule has 1 fully saturated rings. The van der Waals surface area contributed by atoms with Crippen LogP contribution in [0.4, 0.5) is 5.69 Å². The smallest absolute Gasteiger partial charge is 0.237 e. The molecule has 0 bridgehead atoms. The molecule has 9 heteroatoms. The van der Waals surface area contributed by atoms with E-state index >= 15 is 0 Å². The summed E-state index contributed by atoms with van der Waals surface area (Å²) in [6.45, 7) is 11.8. The number of β-amino-alcohol motifs (C(OH)–C–C–N with tert-alkyl or cyclic N) is 1. The molecule has 8 nitrogen and oxygen atoms in total. The lowest BCUT2D eigenvalue weighted by Crippen LogP contribution is -2.51. The number of amides is 2. The minimum absolute atomic E-state index is 0.0366. The van der Waals surface area contributed by atoms with Crippen LogP contribution in [-0.4, -0.2) is 72.7 Å². The predicted molar refractivity (Wildman–Crippen MR) is 168 cm³/mol. The first kappa shape index (κ1) is 32.9. The first-order chi connectivity index (χ1) is 20.1. The van der Waals surface area contributed by atoms with Crippen molar-refractivity contribution in [2.24, 2.45) is 0 Å². The zero-order valence-electron chi connectivity index (χ0n) is 24.9. The number of allylic oxidation sites excluding steroid dienone is 5. The third-order valence-electron chi connectivity index (χ3n) is 7.02. The minimum atomic E-state index is -0.162. The van der Waals surface area contributed by atoms with Crippen LogP contribution in [0.1, 0.15) is 43.5 Å². The molecule has 226 valence electrons. The predicted octanol–water partition coefficient (Wildman–Crippen LogP) is 5.27. The third-order valence-corrected chi connectivity index (χ3v) is 7.30. The quantitative estimate of drug-likeness (QED) is 0.289. The van der Waals surface area contributed by atoms with Crippen LogP contribution in [-0.2, 0) is 22.4 Å². The first-order valence-electron chi connectivity index (χ1n) is 14.2. The standard InChI is InChI=1S/C33H42ClN3O5/c1-6-28(34)10-8-7-9-26-19-31(42-23(2)3)30(41-5)20-27(26)21-32(39)35-29-13-11-25(12-14-29)24(4)37-16-15-36(17-18-38)22-33(37)40/h6-8,10-14,19-20,23-24,38H,1,9,15-18,21-22H2,2-5H3,(H,35,39). The van der Waals surface area contributed by atoms with Crippen molar-refractivity contribution in [3.05, 3.63) is 89.0 Å². The summed E-state index contributed by atoms with van der Waals surface area (Å²) in [6.07, 6.45) is 7.82. The van der Waals surface area contributed by atoms with Crippen molar-refractivity contribution in [1.29, 1.82) is 0 Å². The molecule has 2 aromatic rings. The van der Waals surface area contributed by atoms with E-state index in [1.54, 1.807) is 19.3 Å². The number of aliphatic hydroxyl groups is 1. The summed E-state index contributed by atoms with van der Waals surface area (Å²) in [4.78, 5) is 29.6. The Hall–Kier alpha value is -3.59. The molecule has 1 heterocycles. The van der Waals surface area contributed by atoms with Gasteiger partial charge >= 0.3 is 0 Å². The Balaban J connectivity index is 1.71. The van der Waals surface area contributed by atoms with E-state index in [1.807, 2.05) is 79.1 Å². The molecule has 2 amide bonds. The highest BCUT2D eigenvalue weighted by atomic mass is 35.5. The van der Waals surface area contributed by atoms with Crippen molar-refractivity contribution < 1.29 is 24.2 Å². The van der Waals surface area contributed by atoms with Crippen LogP contribution in [0.2, 0.25) is 0 Å². The van der Waals surface area contributed by atoms with Gasteiger partial charge in [0.1, 0.15) is 0 Å². The number of piperazine rings is 1. The average molecular weight is 596 g/mol. The molecule has 2 aromatic carbocycles. The van der Waals surface area contributed by atoms with E-state index in [1.165, 1.54) is 0 Å². The van der Waals surface area contributed by atoms with Gasteiger partial charge in [0.2, 0.25) is 11.8 Å². The third kappa shape index (κ3) is 9.48. The van der Waals surface area contributed by atoms with Crippen molar-refractivity contribution in [3.8, 4) is 11.5 Å². The van der Waals surface area contributed by atoms with Crippen LogP contribution in [0, 0.1) is 0 Å². The van der Waals surface area contributed by atoms with Gasteiger partial charge in [-0.25, -0.2) is 0 Å². The number of methoxy groups -OCH3 is 1. The van der Waals surface area contributed by atoms with Gasteiger partial charge in [-0.15, -0.1) is 0 Å². The highest BCUT2D eigenvalue weighted by molar-refractivity contribution is 6.31. The van der Waals surface area contributed by atoms with Crippen molar-refractivity contribution in [1.82, 2.24) is 9.80 Å². The first-order valence-corrected chi connectivity index (χ1v) is 14.6. The van der Waals surface area contributed by atoms with Crippen molar-refractivity contribution in [3.63, 3.8) is 0 Å². The van der Waals surface area contributed by atoms with E-state index in [0.717, 1.165) is 23.2 Å². The van der Waals surface area contributed by atoms with Gasteiger partial charge in [-0.1, -0.05) is 48.5 Å².